The van der Waals surface area contributed by atoms with Gasteiger partial charge in [-0.3, -0.25) is 15.0 Å². The summed E-state index contributed by atoms with van der Waals surface area (Å²) in [5.74, 6) is -2.34. The molecule has 40 heavy (non-hydrogen) atoms. The van der Waals surface area contributed by atoms with Gasteiger partial charge in [0.2, 0.25) is 5.95 Å². The van der Waals surface area contributed by atoms with Crippen molar-refractivity contribution in [1.29, 1.82) is 5.26 Å². The number of benzene rings is 1. The average molecular weight is 562 g/mol. The smallest absolute Gasteiger partial charge is 0.249 e. The van der Waals surface area contributed by atoms with Gasteiger partial charge in [0.25, 0.3) is 0 Å². The van der Waals surface area contributed by atoms with E-state index in [0.29, 0.717) is 40.5 Å². The van der Waals surface area contributed by atoms with Crippen LogP contribution >= 0.6 is 11.6 Å². The van der Waals surface area contributed by atoms with Crippen LogP contribution in [0, 0.1) is 30.0 Å². The molecule has 0 saturated carbocycles. The van der Waals surface area contributed by atoms with E-state index in [0.717, 1.165) is 29.2 Å². The maximum absolute atomic E-state index is 13.9. The van der Waals surface area contributed by atoms with Gasteiger partial charge < -0.3 is 20.8 Å². The second kappa shape index (κ2) is 10.5. The molecule has 0 unspecified atom stereocenters. The maximum atomic E-state index is 13.9. The van der Waals surface area contributed by atoms with Crippen molar-refractivity contribution in [3.05, 3.63) is 94.4 Å². The Morgan fingerprint density at radius 2 is 2.02 bits per heavy atom. The molecule has 0 spiro atoms. The minimum absolute atomic E-state index is 0.160. The van der Waals surface area contributed by atoms with Crippen LogP contribution in [0.3, 0.4) is 0 Å². The lowest BCUT2D eigenvalue weighted by molar-refractivity contribution is -0.0635. The van der Waals surface area contributed by atoms with E-state index in [1.165, 1.54) is 6.20 Å². The highest BCUT2D eigenvalue weighted by atomic mass is 35.5. The molecule has 3 aromatic heterocycles. The first-order valence-electron chi connectivity index (χ1n) is 12.3. The maximum Gasteiger partial charge on any atom is 0.249 e. The Balaban J connectivity index is 1.42. The predicted molar refractivity (Wildman–Crippen MR) is 145 cm³/mol. The lowest BCUT2D eigenvalue weighted by Gasteiger charge is -2.33. The normalized spacial score (nSPS) is 15.7. The molecule has 4 N–H and O–H groups in total. The number of pyridine rings is 3. The van der Waals surface area contributed by atoms with Gasteiger partial charge in [0.1, 0.15) is 6.07 Å². The zero-order valence-corrected chi connectivity index (χ0v) is 21.8. The van der Waals surface area contributed by atoms with Crippen LogP contribution in [0.2, 0.25) is 5.02 Å². The second-order valence-corrected chi connectivity index (χ2v) is 9.72. The molecular formula is C27H22ClF2N9O. The number of anilines is 3. The van der Waals surface area contributed by atoms with E-state index in [1.807, 2.05) is 30.3 Å². The van der Waals surface area contributed by atoms with Crippen molar-refractivity contribution in [2.75, 3.05) is 23.8 Å². The molecule has 4 aromatic rings. The highest BCUT2D eigenvalue weighted by Crippen LogP contribution is 2.37. The number of rotatable bonds is 7. The molecule has 1 fully saturated rings. The molecule has 0 aliphatic carbocycles. The number of nitrogens with zero attached hydrogens (tertiary/aromatic N) is 5. The summed E-state index contributed by atoms with van der Waals surface area (Å²) in [5, 5.41) is 19.1. The lowest BCUT2D eigenvalue weighted by atomic mass is 10.0. The third-order valence-electron chi connectivity index (χ3n) is 6.71. The van der Waals surface area contributed by atoms with Gasteiger partial charge in [-0.15, -0.1) is 5.53 Å². The van der Waals surface area contributed by atoms with E-state index in [-0.39, 0.29) is 23.3 Å². The fourth-order valence-electron chi connectivity index (χ4n) is 4.56. The topological polar surface area (TPSA) is 123 Å². The highest BCUT2D eigenvalue weighted by molar-refractivity contribution is 6.36. The summed E-state index contributed by atoms with van der Waals surface area (Å²) in [6, 6.07) is 10.3. The van der Waals surface area contributed by atoms with Crippen LogP contribution in [0.5, 0.6) is 0 Å². The average Bonchev–Trinajstić information content (AvgIpc) is 3.38. The first-order valence-corrected chi connectivity index (χ1v) is 12.7. The fraction of sp³-hybridized carbons (Fsp3) is 0.185. The summed E-state index contributed by atoms with van der Waals surface area (Å²) in [7, 11) is 0. The number of ether oxygens (including phenoxy) is 1. The van der Waals surface area contributed by atoms with Crippen molar-refractivity contribution in [3.63, 3.8) is 0 Å². The minimum Gasteiger partial charge on any atom is -0.377 e. The first kappa shape index (κ1) is 25.7. The second-order valence-electron chi connectivity index (χ2n) is 9.31. The Hall–Kier alpha value is -4.57. The van der Waals surface area contributed by atoms with Crippen LogP contribution in [0.4, 0.5) is 25.8 Å². The van der Waals surface area contributed by atoms with Gasteiger partial charge in [-0.25, -0.2) is 9.37 Å². The number of hydrazine groups is 2. The van der Waals surface area contributed by atoms with E-state index in [4.69, 9.17) is 16.3 Å². The number of nitrogens with one attached hydrogen (secondary N) is 4. The number of halogens is 3. The number of hydrogen-bond acceptors (Lipinski definition) is 10. The van der Waals surface area contributed by atoms with Crippen LogP contribution in [0.1, 0.15) is 22.9 Å². The molecule has 1 aromatic carbocycles. The molecule has 6 rings (SSSR count). The van der Waals surface area contributed by atoms with Crippen LogP contribution in [-0.2, 0) is 4.74 Å². The van der Waals surface area contributed by atoms with Gasteiger partial charge in [0.15, 0.2) is 5.82 Å². The number of hydrogen-bond donors (Lipinski definition) is 4. The third-order valence-corrected chi connectivity index (χ3v) is 7.00. The van der Waals surface area contributed by atoms with E-state index in [2.05, 4.69) is 42.6 Å². The summed E-state index contributed by atoms with van der Waals surface area (Å²) in [6.07, 6.45) is 6.23. The summed E-state index contributed by atoms with van der Waals surface area (Å²) < 4.78 is 32.6. The zero-order chi connectivity index (χ0) is 27.8. The molecule has 1 atom stereocenters. The SMILES string of the molecule is Cc1ncccc1[C@H](Nc1cc(Cl)c2ncc(C#N)c(Nc3cnc(F)c(F)c3)c2c1)C1=CN(C2COC2)NN1. The van der Waals surface area contributed by atoms with Crippen LogP contribution in [-0.4, -0.2) is 39.2 Å². The van der Waals surface area contributed by atoms with E-state index >= 15 is 0 Å². The van der Waals surface area contributed by atoms with Crippen LogP contribution < -0.4 is 21.6 Å². The van der Waals surface area contributed by atoms with Crippen molar-refractivity contribution in [1.82, 2.24) is 30.9 Å². The Bertz CT molecular complexity index is 1690. The van der Waals surface area contributed by atoms with E-state index in [1.54, 1.807) is 18.3 Å². The summed E-state index contributed by atoms with van der Waals surface area (Å²) in [4.78, 5) is 12.3. The van der Waals surface area contributed by atoms with Crippen molar-refractivity contribution in [2.24, 2.45) is 0 Å². The third kappa shape index (κ3) is 4.82. The van der Waals surface area contributed by atoms with Crippen molar-refractivity contribution < 1.29 is 13.5 Å². The molecule has 0 radical (unpaired) electrons. The quantitative estimate of drug-likeness (QED) is 0.238. The lowest BCUT2D eigenvalue weighted by Crippen LogP contribution is -2.52. The Morgan fingerprint density at radius 1 is 1.18 bits per heavy atom. The van der Waals surface area contributed by atoms with Crippen molar-refractivity contribution in [2.45, 2.75) is 19.0 Å². The molecule has 0 bridgehead atoms. The number of nitriles is 1. The summed E-state index contributed by atoms with van der Waals surface area (Å²) in [5.41, 5.74) is 10.8. The van der Waals surface area contributed by atoms with E-state index in [9.17, 15) is 14.0 Å². The van der Waals surface area contributed by atoms with Gasteiger partial charge in [-0.05, 0) is 25.1 Å². The first-order chi connectivity index (χ1) is 19.4. The fourth-order valence-corrected chi connectivity index (χ4v) is 4.83. The monoisotopic (exact) mass is 561 g/mol. The Morgan fingerprint density at radius 3 is 2.75 bits per heavy atom. The van der Waals surface area contributed by atoms with Gasteiger partial charge in [0, 0.05) is 47.0 Å². The van der Waals surface area contributed by atoms with E-state index < -0.39 is 11.8 Å². The largest absolute Gasteiger partial charge is 0.377 e. The number of fused-ring (bicyclic) bond motifs is 1. The van der Waals surface area contributed by atoms with Crippen molar-refractivity contribution >= 4 is 39.6 Å². The Labute approximate surface area is 232 Å². The van der Waals surface area contributed by atoms with Gasteiger partial charge in [-0.1, -0.05) is 17.7 Å². The van der Waals surface area contributed by atoms with Crippen molar-refractivity contribution in [3.8, 4) is 6.07 Å². The predicted octanol–water partition coefficient (Wildman–Crippen LogP) is 4.60. The summed E-state index contributed by atoms with van der Waals surface area (Å²) in [6.45, 7) is 3.18. The molecule has 0 amide bonds. The molecule has 10 nitrogen and oxygen atoms in total. The molecule has 202 valence electrons. The minimum atomic E-state index is -1.22. The molecule has 5 heterocycles. The highest BCUT2D eigenvalue weighted by Gasteiger charge is 2.31. The standard InChI is InChI=1S/C27H22ClF2N9O/c1-14-19(3-2-4-32-14)26(23-11-39(38-37-23)18-12-40-13-18)35-16-5-20-24(36-17-7-22(29)27(30)34-10-17)15(8-31)9-33-25(20)21(28)6-16/h2-7,9-11,18,26,35,37-38H,12-13H2,1H3,(H,33,36)/t26-/m0/s1. The van der Waals surface area contributed by atoms with Crippen LogP contribution in [0.25, 0.3) is 10.9 Å². The molecular weight excluding hydrogens is 540 g/mol. The number of aromatic nitrogens is 3. The summed E-state index contributed by atoms with van der Waals surface area (Å²) >= 11 is 6.68. The van der Waals surface area contributed by atoms with Crippen LogP contribution in [0.15, 0.2) is 60.8 Å². The molecule has 2 aliphatic heterocycles. The van der Waals surface area contributed by atoms with Gasteiger partial charge in [-0.2, -0.15) is 9.65 Å². The van der Waals surface area contributed by atoms with Gasteiger partial charge >= 0.3 is 0 Å². The Kier molecular flexibility index (Phi) is 6.77. The molecule has 2 aliphatic rings. The number of aryl methyl sites for hydroxylation is 1. The molecule has 13 heteroatoms. The zero-order valence-electron chi connectivity index (χ0n) is 21.0. The molecule has 1 saturated heterocycles. The van der Waals surface area contributed by atoms with Gasteiger partial charge in [0.05, 0.1) is 64.7 Å².